The van der Waals surface area contributed by atoms with Gasteiger partial charge in [0.05, 0.1) is 0 Å². The summed E-state index contributed by atoms with van der Waals surface area (Å²) in [6.07, 6.45) is 3.08. The van der Waals surface area contributed by atoms with E-state index in [0.717, 1.165) is 11.2 Å². The number of aromatic amines is 1. The molecular weight excluding hydrogens is 156 g/mol. The number of H-pyrrole nitrogens is 1. The molecule has 0 amide bonds. The third kappa shape index (κ3) is 1.21. The molecule has 1 saturated heterocycles. The van der Waals surface area contributed by atoms with Crippen molar-refractivity contribution >= 4 is 12.2 Å². The minimum absolute atomic E-state index is 0.500. The second-order valence-corrected chi connectivity index (χ2v) is 3.16. The molecule has 0 spiro atoms. The first-order valence-electron chi connectivity index (χ1n) is 3.79. The van der Waals surface area contributed by atoms with E-state index in [4.69, 9.17) is 12.2 Å². The van der Waals surface area contributed by atoms with Gasteiger partial charge in [-0.25, -0.2) is 0 Å². The predicted octanol–water partition coefficient (Wildman–Crippen LogP) is 1.78. The number of pyridine rings is 1. The maximum Gasteiger partial charge on any atom is 0.108 e. The van der Waals surface area contributed by atoms with Crippen LogP contribution in [0.4, 0.5) is 0 Å². The van der Waals surface area contributed by atoms with Crippen molar-refractivity contribution in [2.45, 2.75) is 12.5 Å². The van der Waals surface area contributed by atoms with Gasteiger partial charge < -0.3 is 10.3 Å². The van der Waals surface area contributed by atoms with Gasteiger partial charge >= 0.3 is 0 Å². The van der Waals surface area contributed by atoms with E-state index in [1.807, 2.05) is 12.3 Å². The Labute approximate surface area is 70.6 Å². The summed E-state index contributed by atoms with van der Waals surface area (Å²) in [6.45, 7) is 1.12. The van der Waals surface area contributed by atoms with Crippen molar-refractivity contribution in [1.29, 1.82) is 0 Å². The summed E-state index contributed by atoms with van der Waals surface area (Å²) in [5.41, 5.74) is 1.23. The average Bonchev–Trinajstić information content (AvgIpc) is 1.90. The van der Waals surface area contributed by atoms with Crippen LogP contribution in [0.1, 0.15) is 18.0 Å². The average molecular weight is 166 g/mol. The molecule has 2 heterocycles. The quantitative estimate of drug-likeness (QED) is 0.622. The maximum absolute atomic E-state index is 5.13. The van der Waals surface area contributed by atoms with Crippen LogP contribution in [0.2, 0.25) is 0 Å². The van der Waals surface area contributed by atoms with Gasteiger partial charge in [0.25, 0.3) is 0 Å². The van der Waals surface area contributed by atoms with E-state index in [9.17, 15) is 0 Å². The number of rotatable bonds is 1. The molecule has 0 aliphatic carbocycles. The Bertz CT molecular complexity index is 301. The van der Waals surface area contributed by atoms with Crippen LogP contribution in [0.3, 0.4) is 0 Å². The molecule has 1 atom stereocenters. The summed E-state index contributed by atoms with van der Waals surface area (Å²) in [4.78, 5) is 3.02. The van der Waals surface area contributed by atoms with E-state index in [2.05, 4.69) is 16.4 Å². The molecule has 0 radical (unpaired) electrons. The smallest absolute Gasteiger partial charge is 0.108 e. The highest BCUT2D eigenvalue weighted by atomic mass is 32.1. The van der Waals surface area contributed by atoms with Crippen LogP contribution in [-0.2, 0) is 0 Å². The van der Waals surface area contributed by atoms with Gasteiger partial charge in [0, 0.05) is 17.8 Å². The number of hydrogen-bond acceptors (Lipinski definition) is 2. The molecule has 1 aromatic rings. The van der Waals surface area contributed by atoms with E-state index in [0.29, 0.717) is 6.04 Å². The fraction of sp³-hybridized carbons (Fsp3) is 0.375. The molecule has 1 aromatic heterocycles. The molecule has 1 aliphatic heterocycles. The van der Waals surface area contributed by atoms with Gasteiger partial charge in [0.1, 0.15) is 4.64 Å². The molecule has 1 fully saturated rings. The van der Waals surface area contributed by atoms with Gasteiger partial charge in [-0.2, -0.15) is 0 Å². The SMILES string of the molecule is S=c1[nH]cccc1C1CCN1. The van der Waals surface area contributed by atoms with Crippen LogP contribution in [-0.4, -0.2) is 11.5 Å². The van der Waals surface area contributed by atoms with Crippen molar-refractivity contribution < 1.29 is 0 Å². The van der Waals surface area contributed by atoms with E-state index < -0.39 is 0 Å². The zero-order chi connectivity index (χ0) is 7.68. The number of aromatic nitrogens is 1. The third-order valence-corrected chi connectivity index (χ3v) is 2.40. The van der Waals surface area contributed by atoms with Crippen LogP contribution in [0.5, 0.6) is 0 Å². The van der Waals surface area contributed by atoms with E-state index in [1.165, 1.54) is 12.0 Å². The van der Waals surface area contributed by atoms with E-state index >= 15 is 0 Å². The third-order valence-electron chi connectivity index (χ3n) is 2.05. The van der Waals surface area contributed by atoms with Crippen molar-refractivity contribution in [3.63, 3.8) is 0 Å². The largest absolute Gasteiger partial charge is 0.353 e. The number of nitrogens with one attached hydrogen (secondary N) is 2. The van der Waals surface area contributed by atoms with E-state index in [-0.39, 0.29) is 0 Å². The van der Waals surface area contributed by atoms with Crippen LogP contribution in [0.15, 0.2) is 18.3 Å². The van der Waals surface area contributed by atoms with Crippen LogP contribution >= 0.6 is 12.2 Å². The highest BCUT2D eigenvalue weighted by Crippen LogP contribution is 2.22. The highest BCUT2D eigenvalue weighted by Gasteiger charge is 2.18. The maximum atomic E-state index is 5.13. The number of hydrogen-bond donors (Lipinski definition) is 2. The molecule has 2 rings (SSSR count). The van der Waals surface area contributed by atoms with Crippen LogP contribution in [0.25, 0.3) is 0 Å². The van der Waals surface area contributed by atoms with Crippen molar-refractivity contribution in [1.82, 2.24) is 10.3 Å². The van der Waals surface area contributed by atoms with Crippen molar-refractivity contribution in [3.8, 4) is 0 Å². The topological polar surface area (TPSA) is 27.8 Å². The zero-order valence-corrected chi connectivity index (χ0v) is 6.95. The van der Waals surface area contributed by atoms with Crippen molar-refractivity contribution in [2.24, 2.45) is 0 Å². The monoisotopic (exact) mass is 166 g/mol. The van der Waals surface area contributed by atoms with Gasteiger partial charge in [0.15, 0.2) is 0 Å². The Morgan fingerprint density at radius 2 is 2.36 bits per heavy atom. The standard InChI is InChI=1S/C8H10N2S/c11-8-6(2-1-4-10-8)7-3-5-9-7/h1-2,4,7,9H,3,5H2,(H,10,11). The summed E-state index contributed by atoms with van der Waals surface area (Å²) in [5.74, 6) is 0. The lowest BCUT2D eigenvalue weighted by atomic mass is 10.0. The molecule has 2 N–H and O–H groups in total. The molecule has 58 valence electrons. The second kappa shape index (κ2) is 2.75. The lowest BCUT2D eigenvalue weighted by Gasteiger charge is -2.27. The van der Waals surface area contributed by atoms with Gasteiger partial charge in [-0.1, -0.05) is 18.3 Å². The molecule has 0 saturated carbocycles. The van der Waals surface area contributed by atoms with Crippen molar-refractivity contribution in [2.75, 3.05) is 6.54 Å². The summed E-state index contributed by atoms with van der Waals surface area (Å²) in [5, 5.41) is 3.32. The molecule has 0 aromatic carbocycles. The first kappa shape index (κ1) is 7.00. The van der Waals surface area contributed by atoms with Gasteiger partial charge in [-0.3, -0.25) is 0 Å². The molecule has 1 aliphatic rings. The molecule has 2 nitrogen and oxygen atoms in total. The first-order chi connectivity index (χ1) is 5.38. The molecule has 0 bridgehead atoms. The Balaban J connectivity index is 2.36. The Morgan fingerprint density at radius 3 is 2.91 bits per heavy atom. The fourth-order valence-corrected chi connectivity index (χ4v) is 1.54. The zero-order valence-electron chi connectivity index (χ0n) is 6.13. The van der Waals surface area contributed by atoms with Gasteiger partial charge in [0.2, 0.25) is 0 Å². The summed E-state index contributed by atoms with van der Waals surface area (Å²) >= 11 is 5.13. The minimum atomic E-state index is 0.500. The minimum Gasteiger partial charge on any atom is -0.353 e. The van der Waals surface area contributed by atoms with Gasteiger partial charge in [-0.15, -0.1) is 0 Å². The predicted molar refractivity (Wildman–Crippen MR) is 47.0 cm³/mol. The first-order valence-corrected chi connectivity index (χ1v) is 4.20. The Hall–Kier alpha value is -0.670. The molecule has 3 heteroatoms. The molecular formula is C8H10N2S. The summed E-state index contributed by atoms with van der Waals surface area (Å²) in [6, 6.07) is 4.57. The van der Waals surface area contributed by atoms with Gasteiger partial charge in [-0.05, 0) is 19.0 Å². The van der Waals surface area contributed by atoms with Crippen molar-refractivity contribution in [3.05, 3.63) is 28.5 Å². The normalized spacial score (nSPS) is 22.7. The lowest BCUT2D eigenvalue weighted by Crippen LogP contribution is -2.35. The molecule has 11 heavy (non-hydrogen) atoms. The Morgan fingerprint density at radius 1 is 1.55 bits per heavy atom. The summed E-state index contributed by atoms with van der Waals surface area (Å²) < 4.78 is 0.865. The highest BCUT2D eigenvalue weighted by molar-refractivity contribution is 7.71. The molecule has 1 unspecified atom stereocenters. The second-order valence-electron chi connectivity index (χ2n) is 2.75. The Kier molecular flexibility index (Phi) is 1.75. The van der Waals surface area contributed by atoms with Crippen LogP contribution in [0, 0.1) is 4.64 Å². The lowest BCUT2D eigenvalue weighted by molar-refractivity contribution is 0.381. The fourth-order valence-electron chi connectivity index (χ4n) is 1.26. The van der Waals surface area contributed by atoms with Crippen LogP contribution < -0.4 is 5.32 Å². The summed E-state index contributed by atoms with van der Waals surface area (Å²) in [7, 11) is 0. The van der Waals surface area contributed by atoms with E-state index in [1.54, 1.807) is 0 Å².